The zero-order chi connectivity index (χ0) is 15.0. The van der Waals surface area contributed by atoms with Crippen molar-refractivity contribution in [1.82, 2.24) is 0 Å². The number of hydrogen-bond acceptors (Lipinski definition) is 2. The second-order valence-corrected chi connectivity index (χ2v) is 6.71. The maximum atomic E-state index is 12.0. The monoisotopic (exact) mass is 270 g/mol. The predicted octanol–water partition coefficient (Wildman–Crippen LogP) is 3.26. The zero-order valence-electron chi connectivity index (χ0n) is 12.6. The highest BCUT2D eigenvalue weighted by molar-refractivity contribution is 5.87. The van der Waals surface area contributed by atoms with Gasteiger partial charge in [0.1, 0.15) is 0 Å². The molecule has 3 atom stereocenters. The highest BCUT2D eigenvalue weighted by Crippen LogP contribution is 2.60. The van der Waals surface area contributed by atoms with Crippen molar-refractivity contribution in [2.75, 3.05) is 0 Å². The molecule has 4 heteroatoms. The van der Waals surface area contributed by atoms with Crippen LogP contribution < -0.4 is 0 Å². The Kier molecular flexibility index (Phi) is 4.33. The van der Waals surface area contributed by atoms with Gasteiger partial charge in [0, 0.05) is 0 Å². The molecule has 1 saturated carbocycles. The normalized spacial score (nSPS) is 35.6. The molecule has 0 saturated heterocycles. The third-order valence-corrected chi connectivity index (χ3v) is 5.23. The van der Waals surface area contributed by atoms with E-state index in [-0.39, 0.29) is 17.8 Å². The summed E-state index contributed by atoms with van der Waals surface area (Å²) in [5.41, 5.74) is -2.34. The first-order chi connectivity index (χ1) is 8.62. The van der Waals surface area contributed by atoms with E-state index in [2.05, 4.69) is 0 Å². The minimum atomic E-state index is -1.18. The average Bonchev–Trinajstić information content (AvgIpc) is 2.26. The summed E-state index contributed by atoms with van der Waals surface area (Å²) in [7, 11) is 0. The topological polar surface area (TPSA) is 74.6 Å². The van der Waals surface area contributed by atoms with Gasteiger partial charge in [-0.05, 0) is 37.0 Å². The molecule has 0 aromatic carbocycles. The fourth-order valence-corrected chi connectivity index (χ4v) is 4.16. The van der Waals surface area contributed by atoms with Crippen molar-refractivity contribution >= 4 is 11.9 Å². The molecule has 0 amide bonds. The Morgan fingerprint density at radius 2 is 1.42 bits per heavy atom. The molecule has 0 radical (unpaired) electrons. The van der Waals surface area contributed by atoms with E-state index in [1.807, 2.05) is 34.6 Å². The van der Waals surface area contributed by atoms with Crippen molar-refractivity contribution in [1.29, 1.82) is 0 Å². The van der Waals surface area contributed by atoms with Gasteiger partial charge in [-0.25, -0.2) is 0 Å². The first kappa shape index (κ1) is 16.0. The lowest BCUT2D eigenvalue weighted by Gasteiger charge is -2.54. The Balaban J connectivity index is 3.55. The molecule has 19 heavy (non-hydrogen) atoms. The first-order valence-corrected chi connectivity index (χ1v) is 7.09. The average molecular weight is 270 g/mol. The van der Waals surface area contributed by atoms with Crippen LogP contribution in [0.25, 0.3) is 0 Å². The summed E-state index contributed by atoms with van der Waals surface area (Å²) in [6.45, 7) is 9.37. The van der Waals surface area contributed by atoms with Crippen LogP contribution in [0.4, 0.5) is 0 Å². The molecule has 1 rings (SSSR count). The lowest BCUT2D eigenvalue weighted by Crippen LogP contribution is -2.60. The van der Waals surface area contributed by atoms with Crippen LogP contribution >= 0.6 is 0 Å². The summed E-state index contributed by atoms with van der Waals surface area (Å²) >= 11 is 0. The largest absolute Gasteiger partial charge is 0.481 e. The Morgan fingerprint density at radius 1 is 1.00 bits per heavy atom. The van der Waals surface area contributed by atoms with Crippen LogP contribution in [-0.4, -0.2) is 22.2 Å². The standard InChI is InChI=1S/C15H26O4/c1-9(2)14(12(16)17)7-6-11(5)8-15(14,10(3)4)13(18)19/h9-11H,6-8H2,1-5H3,(H,16,17)(H,18,19). The van der Waals surface area contributed by atoms with Crippen LogP contribution in [0.2, 0.25) is 0 Å². The van der Waals surface area contributed by atoms with Gasteiger partial charge in [-0.2, -0.15) is 0 Å². The van der Waals surface area contributed by atoms with Crippen LogP contribution in [0.3, 0.4) is 0 Å². The van der Waals surface area contributed by atoms with Crippen molar-refractivity contribution in [3.8, 4) is 0 Å². The summed E-state index contributed by atoms with van der Waals surface area (Å²) in [6, 6.07) is 0. The molecule has 0 aromatic heterocycles. The van der Waals surface area contributed by atoms with Gasteiger partial charge in [-0.15, -0.1) is 0 Å². The molecule has 0 spiro atoms. The number of carbonyl (C=O) groups is 2. The van der Waals surface area contributed by atoms with Crippen molar-refractivity contribution in [3.05, 3.63) is 0 Å². The molecule has 0 heterocycles. The molecule has 0 aromatic rings. The van der Waals surface area contributed by atoms with E-state index < -0.39 is 22.8 Å². The molecule has 110 valence electrons. The maximum Gasteiger partial charge on any atom is 0.311 e. The highest BCUT2D eigenvalue weighted by Gasteiger charge is 2.65. The smallest absolute Gasteiger partial charge is 0.311 e. The second kappa shape index (κ2) is 5.14. The Morgan fingerprint density at radius 3 is 1.74 bits per heavy atom. The number of carboxylic acid groups (broad SMARTS) is 2. The minimum Gasteiger partial charge on any atom is -0.481 e. The first-order valence-electron chi connectivity index (χ1n) is 7.09. The quantitative estimate of drug-likeness (QED) is 0.822. The molecule has 2 N–H and O–H groups in total. The summed E-state index contributed by atoms with van der Waals surface area (Å²) in [4.78, 5) is 24.0. The van der Waals surface area contributed by atoms with Gasteiger partial charge in [0.2, 0.25) is 0 Å². The van der Waals surface area contributed by atoms with Crippen LogP contribution in [-0.2, 0) is 9.59 Å². The van der Waals surface area contributed by atoms with Crippen molar-refractivity contribution in [2.45, 2.75) is 53.9 Å². The van der Waals surface area contributed by atoms with Crippen molar-refractivity contribution in [2.24, 2.45) is 28.6 Å². The van der Waals surface area contributed by atoms with Gasteiger partial charge in [0.15, 0.2) is 0 Å². The van der Waals surface area contributed by atoms with Crippen LogP contribution in [0.1, 0.15) is 53.9 Å². The fourth-order valence-electron chi connectivity index (χ4n) is 4.16. The molecule has 0 bridgehead atoms. The molecular formula is C15H26O4. The summed E-state index contributed by atoms with van der Waals surface area (Å²) in [6.07, 6.45) is 1.68. The zero-order valence-corrected chi connectivity index (χ0v) is 12.6. The van der Waals surface area contributed by atoms with Gasteiger partial charge in [-0.1, -0.05) is 34.6 Å². The SMILES string of the molecule is CC1CCC(C(=O)O)(C(C)C)C(C(=O)O)(C(C)C)C1. The van der Waals surface area contributed by atoms with Gasteiger partial charge in [0.05, 0.1) is 10.8 Å². The van der Waals surface area contributed by atoms with Crippen LogP contribution in [0, 0.1) is 28.6 Å². The molecule has 1 aliphatic carbocycles. The van der Waals surface area contributed by atoms with E-state index in [9.17, 15) is 19.8 Å². The third-order valence-electron chi connectivity index (χ3n) is 5.23. The number of carboxylic acids is 2. The lowest BCUT2D eigenvalue weighted by atomic mass is 9.46. The summed E-state index contributed by atoms with van der Waals surface area (Å²) in [5, 5.41) is 19.7. The number of rotatable bonds is 4. The van der Waals surface area contributed by atoms with E-state index >= 15 is 0 Å². The highest BCUT2D eigenvalue weighted by atomic mass is 16.4. The van der Waals surface area contributed by atoms with E-state index in [1.165, 1.54) is 0 Å². The third kappa shape index (κ3) is 2.05. The molecule has 3 unspecified atom stereocenters. The van der Waals surface area contributed by atoms with Gasteiger partial charge in [-0.3, -0.25) is 9.59 Å². The van der Waals surface area contributed by atoms with Crippen molar-refractivity contribution < 1.29 is 19.8 Å². The predicted molar refractivity (Wildman–Crippen MR) is 72.8 cm³/mol. The molecule has 0 aliphatic heterocycles. The molecule has 4 nitrogen and oxygen atoms in total. The van der Waals surface area contributed by atoms with Gasteiger partial charge >= 0.3 is 11.9 Å². The maximum absolute atomic E-state index is 12.0. The van der Waals surface area contributed by atoms with Gasteiger partial charge < -0.3 is 10.2 Å². The fraction of sp³-hybridized carbons (Fsp3) is 0.867. The van der Waals surface area contributed by atoms with E-state index in [0.29, 0.717) is 12.8 Å². The van der Waals surface area contributed by atoms with Gasteiger partial charge in [0.25, 0.3) is 0 Å². The van der Waals surface area contributed by atoms with E-state index in [0.717, 1.165) is 6.42 Å². The molecule has 1 aliphatic rings. The summed E-state index contributed by atoms with van der Waals surface area (Å²) < 4.78 is 0. The van der Waals surface area contributed by atoms with Crippen LogP contribution in [0.15, 0.2) is 0 Å². The summed E-state index contributed by atoms with van der Waals surface area (Å²) in [5.74, 6) is -2.05. The van der Waals surface area contributed by atoms with E-state index in [1.54, 1.807) is 0 Å². The Bertz CT molecular complexity index is 374. The molecule has 1 fully saturated rings. The number of hydrogen-bond donors (Lipinski definition) is 2. The lowest BCUT2D eigenvalue weighted by molar-refractivity contribution is -0.195. The minimum absolute atomic E-state index is 0.198. The van der Waals surface area contributed by atoms with Crippen LogP contribution in [0.5, 0.6) is 0 Å². The molecular weight excluding hydrogens is 244 g/mol. The van der Waals surface area contributed by atoms with Crippen molar-refractivity contribution in [3.63, 3.8) is 0 Å². The Hall–Kier alpha value is -1.06. The Labute approximate surface area is 115 Å². The van der Waals surface area contributed by atoms with E-state index in [4.69, 9.17) is 0 Å². The second-order valence-electron chi connectivity index (χ2n) is 6.71. The number of aliphatic carboxylic acids is 2.